The molecule has 1 aliphatic rings. The van der Waals surface area contributed by atoms with Gasteiger partial charge in [-0.15, -0.1) is 0 Å². The van der Waals surface area contributed by atoms with E-state index in [4.69, 9.17) is 15.2 Å². The molecule has 3 nitrogen and oxygen atoms in total. The predicted octanol–water partition coefficient (Wildman–Crippen LogP) is 1.86. The van der Waals surface area contributed by atoms with Crippen LogP contribution in [0.1, 0.15) is 18.1 Å². The first-order valence-electron chi connectivity index (χ1n) is 5.30. The number of benzene rings is 1. The maximum atomic E-state index is 5.63. The molecule has 0 aromatic heterocycles. The molecule has 82 valence electrons. The first-order chi connectivity index (χ1) is 7.20. The molecule has 0 spiro atoms. The second-order valence-corrected chi connectivity index (χ2v) is 4.18. The number of ether oxygens (including phenoxy) is 2. The van der Waals surface area contributed by atoms with E-state index in [1.165, 1.54) is 11.1 Å². The van der Waals surface area contributed by atoms with Gasteiger partial charge in [0.05, 0.1) is 0 Å². The summed E-state index contributed by atoms with van der Waals surface area (Å²) in [6, 6.07) is 4.12. The normalized spacial score (nSPS) is 15.4. The van der Waals surface area contributed by atoms with Gasteiger partial charge in [-0.05, 0) is 49.1 Å². The van der Waals surface area contributed by atoms with Crippen LogP contribution in [-0.4, -0.2) is 13.3 Å². The summed E-state index contributed by atoms with van der Waals surface area (Å²) in [7, 11) is 0. The predicted molar refractivity (Wildman–Crippen MR) is 59.2 cm³/mol. The molecule has 2 rings (SSSR count). The number of fused-ring (bicyclic) bond motifs is 1. The zero-order valence-corrected chi connectivity index (χ0v) is 9.25. The van der Waals surface area contributed by atoms with Crippen LogP contribution in [0.5, 0.6) is 11.5 Å². The number of hydrogen-bond acceptors (Lipinski definition) is 3. The molecule has 0 bridgehead atoms. The van der Waals surface area contributed by atoms with Crippen LogP contribution >= 0.6 is 0 Å². The van der Waals surface area contributed by atoms with E-state index in [0.717, 1.165) is 17.9 Å². The molecule has 0 fully saturated rings. The van der Waals surface area contributed by atoms with E-state index in [9.17, 15) is 0 Å². The number of aryl methyl sites for hydroxylation is 1. The smallest absolute Gasteiger partial charge is 0.231 e. The van der Waals surface area contributed by atoms with Crippen molar-refractivity contribution >= 4 is 0 Å². The van der Waals surface area contributed by atoms with Crippen LogP contribution < -0.4 is 15.2 Å². The van der Waals surface area contributed by atoms with Crippen LogP contribution in [0.4, 0.5) is 0 Å². The minimum Gasteiger partial charge on any atom is -0.454 e. The van der Waals surface area contributed by atoms with Crippen LogP contribution in [0.15, 0.2) is 12.1 Å². The summed E-state index contributed by atoms with van der Waals surface area (Å²) in [5.74, 6) is 2.22. The molecular formula is C12H17NO2. The second kappa shape index (κ2) is 4.11. The molecule has 1 aliphatic heterocycles. The van der Waals surface area contributed by atoms with Gasteiger partial charge in [0.15, 0.2) is 11.5 Å². The molecule has 1 heterocycles. The Hall–Kier alpha value is -1.22. The van der Waals surface area contributed by atoms with Crippen molar-refractivity contribution in [3.63, 3.8) is 0 Å². The lowest BCUT2D eigenvalue weighted by Crippen LogP contribution is -2.13. The summed E-state index contributed by atoms with van der Waals surface area (Å²) in [4.78, 5) is 0. The lowest BCUT2D eigenvalue weighted by atomic mass is 9.97. The summed E-state index contributed by atoms with van der Waals surface area (Å²) >= 11 is 0. The SMILES string of the molecule is Cc1cc2c(cc1CC(C)CN)OCO2. The highest BCUT2D eigenvalue weighted by molar-refractivity contribution is 5.48. The fourth-order valence-electron chi connectivity index (χ4n) is 1.76. The molecule has 2 N–H and O–H groups in total. The minimum absolute atomic E-state index is 0.338. The largest absolute Gasteiger partial charge is 0.454 e. The lowest BCUT2D eigenvalue weighted by molar-refractivity contribution is 0.174. The van der Waals surface area contributed by atoms with Gasteiger partial charge in [0, 0.05) is 0 Å². The van der Waals surface area contributed by atoms with Crippen LogP contribution in [0.2, 0.25) is 0 Å². The lowest BCUT2D eigenvalue weighted by Gasteiger charge is -2.11. The monoisotopic (exact) mass is 207 g/mol. The highest BCUT2D eigenvalue weighted by Crippen LogP contribution is 2.35. The fraction of sp³-hybridized carbons (Fsp3) is 0.500. The van der Waals surface area contributed by atoms with E-state index in [-0.39, 0.29) is 0 Å². The highest BCUT2D eigenvalue weighted by atomic mass is 16.7. The first kappa shape index (κ1) is 10.3. The Kier molecular flexibility index (Phi) is 2.82. The third-order valence-corrected chi connectivity index (χ3v) is 2.80. The maximum absolute atomic E-state index is 5.63. The van der Waals surface area contributed by atoms with E-state index < -0.39 is 0 Å². The Balaban J connectivity index is 2.24. The zero-order chi connectivity index (χ0) is 10.8. The van der Waals surface area contributed by atoms with Crippen LogP contribution in [-0.2, 0) is 6.42 Å². The third kappa shape index (κ3) is 2.07. The minimum atomic E-state index is 0.338. The van der Waals surface area contributed by atoms with Gasteiger partial charge in [-0.2, -0.15) is 0 Å². The van der Waals surface area contributed by atoms with E-state index in [1.54, 1.807) is 0 Å². The van der Waals surface area contributed by atoms with E-state index >= 15 is 0 Å². The number of nitrogens with two attached hydrogens (primary N) is 1. The molecule has 0 amide bonds. The molecule has 1 unspecified atom stereocenters. The first-order valence-corrected chi connectivity index (χ1v) is 5.30. The van der Waals surface area contributed by atoms with Gasteiger partial charge in [-0.25, -0.2) is 0 Å². The van der Waals surface area contributed by atoms with Gasteiger partial charge in [-0.3, -0.25) is 0 Å². The molecule has 1 aromatic rings. The Morgan fingerprint density at radius 3 is 2.67 bits per heavy atom. The van der Waals surface area contributed by atoms with Crippen molar-refractivity contribution in [3.05, 3.63) is 23.3 Å². The summed E-state index contributed by atoms with van der Waals surface area (Å²) < 4.78 is 10.7. The standard InChI is InChI=1S/C12H17NO2/c1-8(6-13)3-10-5-12-11(4-9(10)2)14-7-15-12/h4-5,8H,3,6-7,13H2,1-2H3. The number of hydrogen-bond donors (Lipinski definition) is 1. The fourth-order valence-corrected chi connectivity index (χ4v) is 1.76. The van der Waals surface area contributed by atoms with Gasteiger partial charge in [0.2, 0.25) is 6.79 Å². The third-order valence-electron chi connectivity index (χ3n) is 2.80. The van der Waals surface area contributed by atoms with Crippen LogP contribution in [0, 0.1) is 12.8 Å². The molecule has 0 saturated carbocycles. The summed E-state index contributed by atoms with van der Waals surface area (Å²) in [6.45, 7) is 5.31. The number of rotatable bonds is 3. The average Bonchev–Trinajstić information content (AvgIpc) is 2.65. The van der Waals surface area contributed by atoms with Crippen molar-refractivity contribution in [3.8, 4) is 11.5 Å². The molecule has 15 heavy (non-hydrogen) atoms. The van der Waals surface area contributed by atoms with Crippen molar-refractivity contribution in [1.29, 1.82) is 0 Å². The van der Waals surface area contributed by atoms with Gasteiger partial charge in [0.25, 0.3) is 0 Å². The van der Waals surface area contributed by atoms with Crippen molar-refractivity contribution in [1.82, 2.24) is 0 Å². The Morgan fingerprint density at radius 1 is 1.33 bits per heavy atom. The summed E-state index contributed by atoms with van der Waals surface area (Å²) in [5.41, 5.74) is 8.18. The van der Waals surface area contributed by atoms with Gasteiger partial charge in [-0.1, -0.05) is 6.92 Å². The highest BCUT2D eigenvalue weighted by Gasteiger charge is 2.16. The topological polar surface area (TPSA) is 44.5 Å². The molecular weight excluding hydrogens is 190 g/mol. The molecule has 0 radical (unpaired) electrons. The Morgan fingerprint density at radius 2 is 2.00 bits per heavy atom. The molecule has 3 heteroatoms. The van der Waals surface area contributed by atoms with Gasteiger partial charge < -0.3 is 15.2 Å². The molecule has 1 atom stereocenters. The van der Waals surface area contributed by atoms with Gasteiger partial charge in [0.1, 0.15) is 0 Å². The van der Waals surface area contributed by atoms with Crippen molar-refractivity contribution in [2.24, 2.45) is 11.7 Å². The quantitative estimate of drug-likeness (QED) is 0.822. The summed E-state index contributed by atoms with van der Waals surface area (Å²) in [5, 5.41) is 0. The second-order valence-electron chi connectivity index (χ2n) is 4.18. The van der Waals surface area contributed by atoms with Gasteiger partial charge >= 0.3 is 0 Å². The van der Waals surface area contributed by atoms with E-state index in [2.05, 4.69) is 19.9 Å². The van der Waals surface area contributed by atoms with Crippen LogP contribution in [0.3, 0.4) is 0 Å². The van der Waals surface area contributed by atoms with Crippen molar-refractivity contribution < 1.29 is 9.47 Å². The zero-order valence-electron chi connectivity index (χ0n) is 9.25. The van der Waals surface area contributed by atoms with Crippen LogP contribution in [0.25, 0.3) is 0 Å². The molecule has 0 aliphatic carbocycles. The average molecular weight is 207 g/mol. The Labute approximate surface area is 90.2 Å². The summed E-state index contributed by atoms with van der Waals surface area (Å²) in [6.07, 6.45) is 0.999. The molecule has 0 saturated heterocycles. The maximum Gasteiger partial charge on any atom is 0.231 e. The Bertz CT molecular complexity index is 363. The van der Waals surface area contributed by atoms with Crippen molar-refractivity contribution in [2.75, 3.05) is 13.3 Å². The van der Waals surface area contributed by atoms with Crippen molar-refractivity contribution in [2.45, 2.75) is 20.3 Å². The molecule has 1 aromatic carbocycles. The van der Waals surface area contributed by atoms with E-state index in [1.807, 2.05) is 6.07 Å². The van der Waals surface area contributed by atoms with E-state index in [0.29, 0.717) is 19.3 Å².